The maximum atomic E-state index is 12.4. The van der Waals surface area contributed by atoms with Crippen molar-refractivity contribution in [2.75, 3.05) is 13.6 Å². The third-order valence-corrected chi connectivity index (χ3v) is 5.40. The van der Waals surface area contributed by atoms with E-state index in [1.165, 1.54) is 0 Å². The first-order chi connectivity index (χ1) is 13.6. The van der Waals surface area contributed by atoms with Crippen molar-refractivity contribution in [3.8, 4) is 11.4 Å². The molecule has 2 aromatic rings. The van der Waals surface area contributed by atoms with Gasteiger partial charge in [0, 0.05) is 29.4 Å². The van der Waals surface area contributed by atoms with Gasteiger partial charge in [0.05, 0.1) is 19.6 Å². The number of aliphatic carboxylic acids is 1. The lowest BCUT2D eigenvalue weighted by molar-refractivity contribution is -0.900. The van der Waals surface area contributed by atoms with E-state index >= 15 is 0 Å². The zero-order valence-corrected chi connectivity index (χ0v) is 17.5. The first-order valence-electron chi connectivity index (χ1n) is 9.54. The van der Waals surface area contributed by atoms with Gasteiger partial charge in [0.25, 0.3) is 5.89 Å². The van der Waals surface area contributed by atoms with Crippen LogP contribution < -0.4 is 15.3 Å². The minimum Gasteiger partial charge on any atom is -0.550 e. The summed E-state index contributed by atoms with van der Waals surface area (Å²) in [5.74, 6) is -0.287. The second-order valence-electron chi connectivity index (χ2n) is 8.46. The summed E-state index contributed by atoms with van der Waals surface area (Å²) in [5, 5.41) is 18.5. The Balaban J connectivity index is 1.60. The van der Waals surface area contributed by atoms with Crippen LogP contribution in [0.25, 0.3) is 11.4 Å². The van der Waals surface area contributed by atoms with Crippen molar-refractivity contribution in [1.82, 2.24) is 15.5 Å². The number of amides is 1. The van der Waals surface area contributed by atoms with Crippen LogP contribution in [0, 0.1) is 5.41 Å². The quantitative estimate of drug-likeness (QED) is 0.670. The Morgan fingerprint density at radius 1 is 1.31 bits per heavy atom. The fourth-order valence-corrected chi connectivity index (χ4v) is 3.91. The van der Waals surface area contributed by atoms with Gasteiger partial charge >= 0.3 is 0 Å². The van der Waals surface area contributed by atoms with Gasteiger partial charge in [-0.15, -0.1) is 0 Å². The van der Waals surface area contributed by atoms with Crippen LogP contribution in [0.1, 0.15) is 45.0 Å². The Morgan fingerprint density at radius 3 is 2.66 bits per heavy atom. The van der Waals surface area contributed by atoms with Gasteiger partial charge in [0.15, 0.2) is 6.04 Å². The predicted molar refractivity (Wildman–Crippen MR) is 104 cm³/mol. The van der Waals surface area contributed by atoms with E-state index in [0.29, 0.717) is 23.2 Å². The average Bonchev–Trinajstić information content (AvgIpc) is 3.20. The van der Waals surface area contributed by atoms with Gasteiger partial charge < -0.3 is 24.6 Å². The summed E-state index contributed by atoms with van der Waals surface area (Å²) >= 11 is 5.92. The number of rotatable bonds is 7. The molecule has 1 aromatic carbocycles. The number of hydrogen-bond acceptors (Lipinski definition) is 6. The lowest BCUT2D eigenvalue weighted by Crippen LogP contribution is -3.07. The molecule has 9 heteroatoms. The summed E-state index contributed by atoms with van der Waals surface area (Å²) in [4.78, 5) is 28.9. The second kappa shape index (κ2) is 8.51. The lowest BCUT2D eigenvalue weighted by atomic mass is 9.85. The monoisotopic (exact) mass is 420 g/mol. The second-order valence-corrected chi connectivity index (χ2v) is 8.89. The van der Waals surface area contributed by atoms with Crippen molar-refractivity contribution >= 4 is 23.5 Å². The maximum Gasteiger partial charge on any atom is 0.285 e. The van der Waals surface area contributed by atoms with Gasteiger partial charge in [-0.25, -0.2) is 0 Å². The molecule has 1 fully saturated rings. The van der Waals surface area contributed by atoms with E-state index in [4.69, 9.17) is 16.1 Å². The highest BCUT2D eigenvalue weighted by Crippen LogP contribution is 2.26. The van der Waals surface area contributed by atoms with Crippen molar-refractivity contribution in [1.29, 1.82) is 0 Å². The van der Waals surface area contributed by atoms with Crippen LogP contribution in [0.3, 0.4) is 0 Å². The molecule has 8 nitrogen and oxygen atoms in total. The molecule has 2 N–H and O–H groups in total. The van der Waals surface area contributed by atoms with Gasteiger partial charge in [0.2, 0.25) is 11.7 Å². The van der Waals surface area contributed by atoms with Crippen LogP contribution in [-0.2, 0) is 9.59 Å². The Hall–Kier alpha value is -2.45. The first-order valence-corrected chi connectivity index (χ1v) is 9.92. The van der Waals surface area contributed by atoms with Crippen LogP contribution >= 0.6 is 11.6 Å². The van der Waals surface area contributed by atoms with Crippen LogP contribution in [-0.4, -0.2) is 41.7 Å². The molecular formula is C20H25ClN4O4. The molecule has 3 atom stereocenters. The fraction of sp³-hybridized carbons (Fsp3) is 0.500. The molecule has 1 aromatic heterocycles. The molecule has 1 saturated heterocycles. The molecule has 0 saturated carbocycles. The number of carbonyl (C=O) groups excluding carboxylic acids is 2. The van der Waals surface area contributed by atoms with Crippen LogP contribution in [0.5, 0.6) is 0 Å². The third-order valence-electron chi connectivity index (χ3n) is 5.15. The molecule has 1 aliphatic heterocycles. The molecule has 0 spiro atoms. The Labute approximate surface area is 174 Å². The molecule has 1 amide bonds. The predicted octanol–water partition coefficient (Wildman–Crippen LogP) is 0.391. The first kappa shape index (κ1) is 21.3. The Bertz CT molecular complexity index is 881. The third kappa shape index (κ3) is 5.55. The van der Waals surface area contributed by atoms with Crippen molar-refractivity contribution in [2.45, 2.75) is 45.2 Å². The number of nitrogens with zero attached hydrogens (tertiary/aromatic N) is 2. The highest BCUT2D eigenvalue weighted by atomic mass is 35.5. The summed E-state index contributed by atoms with van der Waals surface area (Å²) in [6.07, 6.45) is 0.636. The summed E-state index contributed by atoms with van der Waals surface area (Å²) in [7, 11) is 2.02. The summed E-state index contributed by atoms with van der Waals surface area (Å²) in [6.45, 7) is 4.21. The minimum atomic E-state index is -1.15. The Morgan fingerprint density at radius 2 is 2.00 bits per heavy atom. The standard InChI is InChI=1S/C20H25ClN4O4/c1-20(2,10-17(27)28)9-16(26)22-14-8-15(25(3)11-14)19-23-18(24-29-19)12-4-6-13(21)7-5-12/h4-7,14-15H,8-11H2,1-3H3,(H,22,26)(H,27,28)/t14-,15-/m0/s1. The number of carboxylic acid groups (broad SMARTS) is 1. The highest BCUT2D eigenvalue weighted by Gasteiger charge is 2.39. The number of likely N-dealkylation sites (tertiary alicyclic amines) is 1. The molecule has 156 valence electrons. The van der Waals surface area contributed by atoms with Gasteiger partial charge in [-0.05, 0) is 36.1 Å². The van der Waals surface area contributed by atoms with E-state index < -0.39 is 11.4 Å². The molecule has 1 unspecified atom stereocenters. The average molecular weight is 421 g/mol. The topological polar surface area (TPSA) is 113 Å². The molecule has 0 bridgehead atoms. The molecular weight excluding hydrogens is 396 g/mol. The molecule has 0 aliphatic carbocycles. The van der Waals surface area contributed by atoms with Gasteiger partial charge in [-0.2, -0.15) is 4.98 Å². The zero-order valence-electron chi connectivity index (χ0n) is 16.7. The largest absolute Gasteiger partial charge is 0.550 e. The van der Waals surface area contributed by atoms with E-state index in [0.717, 1.165) is 17.0 Å². The van der Waals surface area contributed by atoms with Crippen LogP contribution in [0.15, 0.2) is 28.8 Å². The number of aromatic nitrogens is 2. The number of nitrogens with one attached hydrogen (secondary N) is 2. The van der Waals surface area contributed by atoms with E-state index in [2.05, 4.69) is 15.5 Å². The van der Waals surface area contributed by atoms with E-state index in [9.17, 15) is 14.7 Å². The zero-order chi connectivity index (χ0) is 21.2. The molecule has 29 heavy (non-hydrogen) atoms. The number of carboxylic acids is 1. The number of carbonyl (C=O) groups is 2. The summed E-state index contributed by atoms with van der Waals surface area (Å²) in [5.41, 5.74) is 0.166. The van der Waals surface area contributed by atoms with Crippen molar-refractivity contribution in [2.24, 2.45) is 5.41 Å². The number of benzene rings is 1. The Kier molecular flexibility index (Phi) is 6.24. The van der Waals surface area contributed by atoms with Crippen molar-refractivity contribution in [3.05, 3.63) is 35.2 Å². The highest BCUT2D eigenvalue weighted by molar-refractivity contribution is 6.30. The number of hydrogen-bond donors (Lipinski definition) is 2. The van der Waals surface area contributed by atoms with E-state index in [1.54, 1.807) is 26.0 Å². The molecule has 1 aliphatic rings. The van der Waals surface area contributed by atoms with Crippen LogP contribution in [0.2, 0.25) is 5.02 Å². The molecule has 0 radical (unpaired) electrons. The number of halogens is 1. The summed E-state index contributed by atoms with van der Waals surface area (Å²) in [6, 6.07) is 7.14. The molecule has 2 heterocycles. The van der Waals surface area contributed by atoms with Crippen molar-refractivity contribution in [3.63, 3.8) is 0 Å². The van der Waals surface area contributed by atoms with Gasteiger partial charge in [-0.1, -0.05) is 30.6 Å². The summed E-state index contributed by atoms with van der Waals surface area (Å²) < 4.78 is 5.48. The van der Waals surface area contributed by atoms with E-state index in [1.807, 2.05) is 19.2 Å². The smallest absolute Gasteiger partial charge is 0.285 e. The van der Waals surface area contributed by atoms with Gasteiger partial charge in [0.1, 0.15) is 0 Å². The number of quaternary nitrogens is 1. The molecule has 3 rings (SSSR count). The van der Waals surface area contributed by atoms with Crippen LogP contribution in [0.4, 0.5) is 0 Å². The number of likely N-dealkylation sites (N-methyl/N-ethyl adjacent to an activating group) is 1. The SMILES string of the molecule is C[NH+]1C[C@@H](NC(=O)CC(C)(C)CC(=O)[O-])C[C@H]1c1nc(-c2ccc(Cl)cc2)no1. The van der Waals surface area contributed by atoms with E-state index in [-0.39, 0.29) is 30.8 Å². The van der Waals surface area contributed by atoms with Gasteiger partial charge in [-0.3, -0.25) is 4.79 Å². The van der Waals surface area contributed by atoms with Crippen molar-refractivity contribution < 1.29 is 24.1 Å². The lowest BCUT2D eigenvalue weighted by Gasteiger charge is -2.24. The normalized spacial score (nSPS) is 21.9. The minimum absolute atomic E-state index is 0.0231. The fourth-order valence-electron chi connectivity index (χ4n) is 3.78. The maximum absolute atomic E-state index is 12.4.